The fourth-order valence-corrected chi connectivity index (χ4v) is 2.57. The SMILES string of the molecule is COC(=O)c1c(N)c(C#N)cn1-c1cc(F)c(C)cc1Br. The molecule has 1 heterocycles. The van der Waals surface area contributed by atoms with Crippen LogP contribution in [0.5, 0.6) is 0 Å². The summed E-state index contributed by atoms with van der Waals surface area (Å²) in [7, 11) is 1.20. The van der Waals surface area contributed by atoms with Gasteiger partial charge < -0.3 is 15.0 Å². The normalized spacial score (nSPS) is 10.2. The average Bonchev–Trinajstić information content (AvgIpc) is 2.78. The molecule has 0 aliphatic carbocycles. The van der Waals surface area contributed by atoms with Crippen molar-refractivity contribution >= 4 is 27.6 Å². The quantitative estimate of drug-likeness (QED) is 0.843. The first-order chi connectivity index (χ1) is 9.90. The first kappa shape index (κ1) is 15.1. The van der Waals surface area contributed by atoms with Crippen molar-refractivity contribution < 1.29 is 13.9 Å². The van der Waals surface area contributed by atoms with Crippen LogP contribution in [0.3, 0.4) is 0 Å². The number of halogens is 2. The highest BCUT2D eigenvalue weighted by Crippen LogP contribution is 2.30. The Morgan fingerprint density at radius 2 is 2.19 bits per heavy atom. The number of hydrogen-bond acceptors (Lipinski definition) is 4. The summed E-state index contributed by atoms with van der Waals surface area (Å²) in [6, 6.07) is 4.72. The van der Waals surface area contributed by atoms with Gasteiger partial charge in [-0.2, -0.15) is 5.26 Å². The Hall–Kier alpha value is -2.33. The monoisotopic (exact) mass is 351 g/mol. The number of ether oxygens (including phenoxy) is 1. The van der Waals surface area contributed by atoms with Gasteiger partial charge in [0.05, 0.1) is 24.0 Å². The van der Waals surface area contributed by atoms with Crippen molar-refractivity contribution in [2.45, 2.75) is 6.92 Å². The third-order valence-corrected chi connectivity index (χ3v) is 3.67. The lowest BCUT2D eigenvalue weighted by molar-refractivity contribution is 0.0593. The maximum atomic E-state index is 13.8. The van der Waals surface area contributed by atoms with Crippen LogP contribution in [0.25, 0.3) is 5.69 Å². The molecular weight excluding hydrogens is 341 g/mol. The van der Waals surface area contributed by atoms with E-state index in [1.165, 1.54) is 23.9 Å². The number of rotatable bonds is 2. The summed E-state index contributed by atoms with van der Waals surface area (Å²) < 4.78 is 20.4. The Labute approximate surface area is 128 Å². The molecule has 1 aromatic heterocycles. The lowest BCUT2D eigenvalue weighted by Crippen LogP contribution is -2.11. The minimum absolute atomic E-state index is 0.00256. The van der Waals surface area contributed by atoms with Crippen molar-refractivity contribution in [1.82, 2.24) is 4.57 Å². The van der Waals surface area contributed by atoms with Gasteiger partial charge in [-0.05, 0) is 40.5 Å². The van der Waals surface area contributed by atoms with Gasteiger partial charge in [0, 0.05) is 10.7 Å². The molecule has 2 rings (SSSR count). The van der Waals surface area contributed by atoms with Gasteiger partial charge in [-0.3, -0.25) is 0 Å². The summed E-state index contributed by atoms with van der Waals surface area (Å²) in [6.45, 7) is 1.62. The van der Waals surface area contributed by atoms with Gasteiger partial charge in [-0.25, -0.2) is 9.18 Å². The van der Waals surface area contributed by atoms with Gasteiger partial charge in [0.15, 0.2) is 5.69 Å². The molecule has 0 amide bonds. The molecule has 2 N–H and O–H groups in total. The number of hydrogen-bond donors (Lipinski definition) is 1. The standard InChI is InChI=1S/C14H11BrFN3O2/c1-7-3-9(15)11(4-10(7)16)19-6-8(5-17)12(18)13(19)14(20)21-2/h3-4,6H,18H2,1-2H3. The second-order valence-corrected chi connectivity index (χ2v) is 5.19. The van der Waals surface area contributed by atoms with Gasteiger partial charge in [0.1, 0.15) is 11.9 Å². The van der Waals surface area contributed by atoms with Gasteiger partial charge in [0.2, 0.25) is 0 Å². The molecule has 2 aromatic rings. The van der Waals surface area contributed by atoms with Crippen LogP contribution in [0.4, 0.5) is 10.1 Å². The second kappa shape index (κ2) is 5.58. The Morgan fingerprint density at radius 1 is 1.52 bits per heavy atom. The van der Waals surface area contributed by atoms with Crippen LogP contribution in [0, 0.1) is 24.1 Å². The number of aryl methyl sites for hydroxylation is 1. The van der Waals surface area contributed by atoms with Crippen molar-refractivity contribution in [3.63, 3.8) is 0 Å². The zero-order valence-electron chi connectivity index (χ0n) is 11.3. The Morgan fingerprint density at radius 3 is 2.76 bits per heavy atom. The largest absolute Gasteiger partial charge is 0.464 e. The zero-order valence-corrected chi connectivity index (χ0v) is 12.9. The average molecular weight is 352 g/mol. The molecule has 7 heteroatoms. The van der Waals surface area contributed by atoms with E-state index in [-0.39, 0.29) is 16.9 Å². The van der Waals surface area contributed by atoms with Crippen molar-refractivity contribution in [3.05, 3.63) is 45.4 Å². The van der Waals surface area contributed by atoms with Crippen molar-refractivity contribution in [3.8, 4) is 11.8 Å². The van der Waals surface area contributed by atoms with Crippen molar-refractivity contribution in [1.29, 1.82) is 5.26 Å². The Bertz CT molecular complexity index is 778. The smallest absolute Gasteiger partial charge is 0.357 e. The minimum Gasteiger partial charge on any atom is -0.464 e. The van der Waals surface area contributed by atoms with Crippen LogP contribution in [0.15, 0.2) is 22.8 Å². The van der Waals surface area contributed by atoms with E-state index in [4.69, 9.17) is 11.0 Å². The molecule has 0 spiro atoms. The number of carbonyl (C=O) groups excluding carboxylic acids is 1. The number of methoxy groups -OCH3 is 1. The van der Waals surface area contributed by atoms with Crippen LogP contribution in [0.1, 0.15) is 21.6 Å². The number of nitrogens with zero attached hydrogens (tertiary/aromatic N) is 2. The number of nitrogen functional groups attached to an aromatic ring is 1. The Balaban J connectivity index is 2.78. The molecule has 21 heavy (non-hydrogen) atoms. The number of benzene rings is 1. The fraction of sp³-hybridized carbons (Fsp3) is 0.143. The maximum Gasteiger partial charge on any atom is 0.357 e. The highest BCUT2D eigenvalue weighted by atomic mass is 79.9. The van der Waals surface area contributed by atoms with E-state index in [1.54, 1.807) is 13.0 Å². The first-order valence-corrected chi connectivity index (χ1v) is 6.65. The van der Waals surface area contributed by atoms with Gasteiger partial charge in [-0.1, -0.05) is 0 Å². The minimum atomic E-state index is -0.707. The summed E-state index contributed by atoms with van der Waals surface area (Å²) >= 11 is 3.32. The predicted octanol–water partition coefficient (Wildman–Crippen LogP) is 2.93. The molecule has 5 nitrogen and oxygen atoms in total. The van der Waals surface area contributed by atoms with Crippen molar-refractivity contribution in [2.24, 2.45) is 0 Å². The molecule has 0 saturated heterocycles. The summed E-state index contributed by atoms with van der Waals surface area (Å²) in [5, 5.41) is 9.04. The highest BCUT2D eigenvalue weighted by molar-refractivity contribution is 9.10. The van der Waals surface area contributed by atoms with Crippen LogP contribution >= 0.6 is 15.9 Å². The summed E-state index contributed by atoms with van der Waals surface area (Å²) in [5.41, 5.74) is 6.69. The summed E-state index contributed by atoms with van der Waals surface area (Å²) in [6.07, 6.45) is 1.37. The van der Waals surface area contributed by atoms with Crippen LogP contribution in [-0.4, -0.2) is 17.6 Å². The molecule has 0 fully saturated rings. The Kier molecular flexibility index (Phi) is 4.00. The van der Waals surface area contributed by atoms with E-state index in [2.05, 4.69) is 20.7 Å². The number of anilines is 1. The molecule has 0 aliphatic rings. The summed E-state index contributed by atoms with van der Waals surface area (Å²) in [4.78, 5) is 11.9. The van der Waals surface area contributed by atoms with E-state index in [0.29, 0.717) is 15.7 Å². The molecule has 0 saturated carbocycles. The van der Waals surface area contributed by atoms with Crippen LogP contribution in [-0.2, 0) is 4.74 Å². The maximum absolute atomic E-state index is 13.8. The van der Waals surface area contributed by atoms with E-state index in [1.807, 2.05) is 6.07 Å². The lowest BCUT2D eigenvalue weighted by Gasteiger charge is -2.11. The fourth-order valence-electron chi connectivity index (χ4n) is 1.92. The van der Waals surface area contributed by atoms with E-state index < -0.39 is 11.8 Å². The number of carbonyl (C=O) groups is 1. The van der Waals surface area contributed by atoms with Gasteiger partial charge in [-0.15, -0.1) is 0 Å². The second-order valence-electron chi connectivity index (χ2n) is 4.33. The van der Waals surface area contributed by atoms with Crippen molar-refractivity contribution in [2.75, 3.05) is 12.8 Å². The molecule has 0 atom stereocenters. The molecule has 1 aromatic carbocycles. The van der Waals surface area contributed by atoms with Crippen LogP contribution in [0.2, 0.25) is 0 Å². The highest BCUT2D eigenvalue weighted by Gasteiger charge is 2.23. The topological polar surface area (TPSA) is 81.0 Å². The van der Waals surface area contributed by atoms with E-state index in [0.717, 1.165) is 0 Å². The predicted molar refractivity (Wildman–Crippen MR) is 78.6 cm³/mol. The number of nitrogens with two attached hydrogens (primary N) is 1. The first-order valence-electron chi connectivity index (χ1n) is 5.86. The number of nitriles is 1. The van der Waals surface area contributed by atoms with E-state index in [9.17, 15) is 9.18 Å². The third-order valence-electron chi connectivity index (χ3n) is 3.03. The zero-order chi connectivity index (χ0) is 15.7. The molecule has 108 valence electrons. The van der Waals surface area contributed by atoms with Crippen LogP contribution < -0.4 is 5.73 Å². The summed E-state index contributed by atoms with van der Waals surface area (Å²) in [5.74, 6) is -1.14. The molecular formula is C14H11BrFN3O2. The number of aromatic nitrogens is 1. The molecule has 0 bridgehead atoms. The third kappa shape index (κ3) is 2.50. The molecule has 0 unspecified atom stereocenters. The van der Waals surface area contributed by atoms with Gasteiger partial charge in [0.25, 0.3) is 0 Å². The lowest BCUT2D eigenvalue weighted by atomic mass is 10.2. The molecule has 0 aliphatic heterocycles. The number of esters is 1. The van der Waals surface area contributed by atoms with Gasteiger partial charge >= 0.3 is 5.97 Å². The van der Waals surface area contributed by atoms with E-state index >= 15 is 0 Å². The molecule has 0 radical (unpaired) electrons.